The highest BCUT2D eigenvalue weighted by Gasteiger charge is 2.42. The monoisotopic (exact) mass is 435 g/mol. The van der Waals surface area contributed by atoms with Crippen LogP contribution < -0.4 is 0 Å². The van der Waals surface area contributed by atoms with Crippen LogP contribution in [0.1, 0.15) is 78.1 Å². The van der Waals surface area contributed by atoms with E-state index in [-0.39, 0.29) is 46.6 Å². The van der Waals surface area contributed by atoms with Crippen LogP contribution in [0.15, 0.2) is 0 Å². The van der Waals surface area contributed by atoms with E-state index in [4.69, 9.17) is 11.6 Å². The topological polar surface area (TPSA) is 54.5 Å². The third-order valence-corrected chi connectivity index (χ3v) is 9.91. The van der Waals surface area contributed by atoms with Gasteiger partial charge in [0.05, 0.1) is 17.0 Å². The fraction of sp³-hybridized carbons (Fsp3) is 0.952. The van der Waals surface area contributed by atoms with Crippen LogP contribution in [0, 0.1) is 11.8 Å². The van der Waals surface area contributed by atoms with Crippen molar-refractivity contribution in [3.05, 3.63) is 0 Å². The molecule has 0 spiro atoms. The van der Waals surface area contributed by atoms with Crippen molar-refractivity contribution in [2.24, 2.45) is 11.8 Å². The van der Waals surface area contributed by atoms with Gasteiger partial charge in [-0.05, 0) is 77.6 Å². The summed E-state index contributed by atoms with van der Waals surface area (Å²) in [5.41, 5.74) is 0. The van der Waals surface area contributed by atoms with E-state index in [1.165, 1.54) is 0 Å². The Kier molecular flexibility index (Phi) is 7.33. The van der Waals surface area contributed by atoms with E-state index >= 15 is 4.39 Å². The third-order valence-electron chi connectivity index (χ3n) is 7.05. The van der Waals surface area contributed by atoms with Crippen LogP contribution in [0.2, 0.25) is 0 Å². The summed E-state index contributed by atoms with van der Waals surface area (Å²) >= 11 is 6.10. The molecule has 3 aliphatic rings. The zero-order chi connectivity index (χ0) is 20.5. The van der Waals surface area contributed by atoms with Gasteiger partial charge >= 0.3 is 0 Å². The first-order valence-electron chi connectivity index (χ1n) is 11.0. The van der Waals surface area contributed by atoms with Crippen molar-refractivity contribution in [1.82, 2.24) is 4.90 Å². The third kappa shape index (κ3) is 5.03. The summed E-state index contributed by atoms with van der Waals surface area (Å²) in [6.45, 7) is 3.90. The zero-order valence-corrected chi connectivity index (χ0v) is 18.7. The van der Waals surface area contributed by atoms with E-state index in [9.17, 15) is 13.2 Å². The molecule has 28 heavy (non-hydrogen) atoms. The van der Waals surface area contributed by atoms with Crippen LogP contribution in [0.25, 0.3) is 0 Å². The molecule has 3 saturated carbocycles. The highest BCUT2D eigenvalue weighted by atomic mass is 35.5. The molecular formula is C21H35ClFNO3S. The minimum absolute atomic E-state index is 0.0256. The van der Waals surface area contributed by atoms with Crippen molar-refractivity contribution < 1.29 is 17.6 Å². The second-order valence-corrected chi connectivity index (χ2v) is 12.4. The van der Waals surface area contributed by atoms with E-state index in [1.807, 2.05) is 13.8 Å². The number of hydrogen-bond acceptors (Lipinski definition) is 3. The van der Waals surface area contributed by atoms with Gasteiger partial charge in [-0.15, -0.1) is 11.6 Å². The standard InChI is InChI=1S/C21H35ClFNO3S/c1-14(2)24(21(25)16-4-3-5-16)20-11-6-15(12-19(20)23)13-28(26,27)18-9-7-17(22)8-10-18/h14-20H,3-13H2,1-2H3. The summed E-state index contributed by atoms with van der Waals surface area (Å²) in [7, 11) is -3.21. The van der Waals surface area contributed by atoms with E-state index in [2.05, 4.69) is 0 Å². The number of carbonyl (C=O) groups excluding carboxylic acids is 1. The number of alkyl halides is 2. The van der Waals surface area contributed by atoms with Crippen LogP contribution in [-0.4, -0.2) is 53.9 Å². The van der Waals surface area contributed by atoms with Gasteiger partial charge in [0.1, 0.15) is 6.17 Å². The molecule has 7 heteroatoms. The second-order valence-electron chi connectivity index (χ2n) is 9.43. The average molecular weight is 436 g/mol. The lowest BCUT2D eigenvalue weighted by molar-refractivity contribution is -0.145. The van der Waals surface area contributed by atoms with Gasteiger partial charge in [-0.2, -0.15) is 0 Å². The Morgan fingerprint density at radius 3 is 2.21 bits per heavy atom. The largest absolute Gasteiger partial charge is 0.334 e. The van der Waals surface area contributed by atoms with E-state index in [0.29, 0.717) is 25.7 Å². The number of halogens is 2. The van der Waals surface area contributed by atoms with Gasteiger partial charge in [0, 0.05) is 17.3 Å². The fourth-order valence-corrected chi connectivity index (χ4v) is 7.63. The van der Waals surface area contributed by atoms with Crippen LogP contribution in [0.5, 0.6) is 0 Å². The molecular weight excluding hydrogens is 401 g/mol. The molecule has 0 radical (unpaired) electrons. The summed E-state index contributed by atoms with van der Waals surface area (Å²) in [5, 5.41) is -0.224. The minimum atomic E-state index is -3.21. The van der Waals surface area contributed by atoms with Gasteiger partial charge in [0.2, 0.25) is 5.91 Å². The van der Waals surface area contributed by atoms with Gasteiger partial charge in [0.25, 0.3) is 0 Å². The molecule has 0 heterocycles. The van der Waals surface area contributed by atoms with Gasteiger partial charge in [-0.3, -0.25) is 4.79 Å². The predicted molar refractivity (Wildman–Crippen MR) is 111 cm³/mol. The maximum atomic E-state index is 15.1. The predicted octanol–water partition coefficient (Wildman–Crippen LogP) is 4.50. The molecule has 1 amide bonds. The molecule has 4 nitrogen and oxygen atoms in total. The molecule has 3 unspecified atom stereocenters. The molecule has 3 atom stereocenters. The van der Waals surface area contributed by atoms with Crippen LogP contribution in [0.4, 0.5) is 4.39 Å². The van der Waals surface area contributed by atoms with Crippen molar-refractivity contribution in [3.8, 4) is 0 Å². The van der Waals surface area contributed by atoms with Crippen molar-refractivity contribution in [2.45, 2.75) is 107 Å². The molecule has 0 aromatic carbocycles. The molecule has 0 bridgehead atoms. The maximum Gasteiger partial charge on any atom is 0.226 e. The smallest absolute Gasteiger partial charge is 0.226 e. The molecule has 0 aromatic rings. The lowest BCUT2D eigenvalue weighted by Crippen LogP contribution is -2.54. The Morgan fingerprint density at radius 2 is 1.71 bits per heavy atom. The maximum absolute atomic E-state index is 15.1. The highest BCUT2D eigenvalue weighted by Crippen LogP contribution is 2.37. The summed E-state index contributed by atoms with van der Waals surface area (Å²) < 4.78 is 40.7. The highest BCUT2D eigenvalue weighted by molar-refractivity contribution is 7.92. The van der Waals surface area contributed by atoms with E-state index in [1.54, 1.807) is 4.90 Å². The van der Waals surface area contributed by atoms with E-state index in [0.717, 1.165) is 32.1 Å². The normalized spacial score (nSPS) is 34.8. The molecule has 162 valence electrons. The molecule has 3 rings (SSSR count). The minimum Gasteiger partial charge on any atom is -0.334 e. The van der Waals surface area contributed by atoms with Crippen molar-refractivity contribution >= 4 is 27.3 Å². The van der Waals surface area contributed by atoms with E-state index < -0.39 is 22.1 Å². The number of hydrogen-bond donors (Lipinski definition) is 0. The first-order chi connectivity index (χ1) is 13.2. The zero-order valence-electron chi connectivity index (χ0n) is 17.2. The SMILES string of the molecule is CC(C)N(C(=O)C1CCC1)C1CCC(CS(=O)(=O)C2CCC(Cl)CC2)CC1F. The molecule has 0 aliphatic heterocycles. The molecule has 0 aromatic heterocycles. The number of carbonyl (C=O) groups is 1. The number of sulfone groups is 1. The van der Waals surface area contributed by atoms with Gasteiger partial charge < -0.3 is 4.90 Å². The Labute approximate surface area is 174 Å². The summed E-state index contributed by atoms with van der Waals surface area (Å²) in [6, 6.07) is -0.430. The van der Waals surface area contributed by atoms with Crippen LogP contribution in [-0.2, 0) is 14.6 Å². The fourth-order valence-electron chi connectivity index (χ4n) is 5.16. The van der Waals surface area contributed by atoms with Gasteiger partial charge in [-0.25, -0.2) is 12.8 Å². The molecule has 0 N–H and O–H groups in total. The Morgan fingerprint density at radius 1 is 1.07 bits per heavy atom. The number of nitrogens with zero attached hydrogens (tertiary/aromatic N) is 1. The van der Waals surface area contributed by atoms with Gasteiger partial charge in [0.15, 0.2) is 9.84 Å². The summed E-state index contributed by atoms with van der Waals surface area (Å²) in [5.74, 6) is 0.0936. The molecule has 0 saturated heterocycles. The summed E-state index contributed by atoms with van der Waals surface area (Å²) in [6.07, 6.45) is 6.00. The molecule has 3 fully saturated rings. The Bertz CT molecular complexity index is 644. The summed E-state index contributed by atoms with van der Waals surface area (Å²) in [4.78, 5) is 14.6. The lowest BCUT2D eigenvalue weighted by Gasteiger charge is -2.44. The van der Waals surface area contributed by atoms with Crippen LogP contribution >= 0.6 is 11.6 Å². The van der Waals surface area contributed by atoms with Crippen molar-refractivity contribution in [2.75, 3.05) is 5.75 Å². The first-order valence-corrected chi connectivity index (χ1v) is 13.2. The second kappa shape index (κ2) is 9.20. The Hall–Kier alpha value is -0.360. The first kappa shape index (κ1) is 22.3. The molecule has 3 aliphatic carbocycles. The van der Waals surface area contributed by atoms with Crippen molar-refractivity contribution in [1.29, 1.82) is 0 Å². The quantitative estimate of drug-likeness (QED) is 0.577. The average Bonchev–Trinajstić information content (AvgIpc) is 2.55. The lowest BCUT2D eigenvalue weighted by atomic mass is 9.81. The van der Waals surface area contributed by atoms with Crippen LogP contribution in [0.3, 0.4) is 0 Å². The van der Waals surface area contributed by atoms with Gasteiger partial charge in [-0.1, -0.05) is 6.42 Å². The number of amides is 1. The Balaban J connectivity index is 1.58. The van der Waals surface area contributed by atoms with Crippen molar-refractivity contribution in [3.63, 3.8) is 0 Å². The number of rotatable bonds is 6.